The lowest BCUT2D eigenvalue weighted by atomic mass is 10.0. The molecular weight excluding hydrogens is 298 g/mol. The van der Waals surface area contributed by atoms with E-state index in [9.17, 15) is 4.79 Å². The van der Waals surface area contributed by atoms with E-state index in [4.69, 9.17) is 10.5 Å². The largest absolute Gasteiger partial charge is 0.381 e. The number of ether oxygens (including phenoxy) is 1. The highest BCUT2D eigenvalue weighted by atomic mass is 32.1. The van der Waals surface area contributed by atoms with Crippen molar-refractivity contribution in [1.29, 1.82) is 0 Å². The Morgan fingerprint density at radius 3 is 2.82 bits per heavy atom. The highest BCUT2D eigenvalue weighted by molar-refractivity contribution is 7.09. The average Bonchev–Trinajstić information content (AvgIpc) is 2.93. The van der Waals surface area contributed by atoms with Gasteiger partial charge in [0.05, 0.1) is 5.92 Å². The van der Waals surface area contributed by atoms with E-state index in [2.05, 4.69) is 27.3 Å². The van der Waals surface area contributed by atoms with E-state index < -0.39 is 0 Å². The van der Waals surface area contributed by atoms with Crippen LogP contribution in [0.3, 0.4) is 0 Å². The maximum Gasteiger partial charge on any atom is 0.223 e. The molecule has 1 aromatic rings. The standard InChI is InChI=1S/C16H25N3O2S/c17-16(20)13-10-18(12-15-2-1-9-22-15)5-6-19(11-13)14-3-7-21-8-4-14/h1-2,9,13-14H,3-8,10-12H2,(H2,17,20). The van der Waals surface area contributed by atoms with Crippen LogP contribution in [0.2, 0.25) is 0 Å². The topological polar surface area (TPSA) is 58.8 Å². The highest BCUT2D eigenvalue weighted by Crippen LogP contribution is 2.21. The smallest absolute Gasteiger partial charge is 0.223 e. The monoisotopic (exact) mass is 323 g/mol. The number of rotatable bonds is 4. The Balaban J connectivity index is 1.65. The first-order valence-corrected chi connectivity index (χ1v) is 8.96. The number of primary amides is 1. The molecule has 3 heterocycles. The summed E-state index contributed by atoms with van der Waals surface area (Å²) in [5, 5.41) is 2.10. The van der Waals surface area contributed by atoms with Crippen molar-refractivity contribution >= 4 is 17.2 Å². The van der Waals surface area contributed by atoms with E-state index >= 15 is 0 Å². The number of thiophene rings is 1. The molecule has 0 saturated carbocycles. The van der Waals surface area contributed by atoms with Crippen LogP contribution in [-0.2, 0) is 16.1 Å². The van der Waals surface area contributed by atoms with Crippen molar-refractivity contribution in [3.05, 3.63) is 22.4 Å². The first kappa shape index (κ1) is 15.9. The predicted octanol–water partition coefficient (Wildman–Crippen LogP) is 1.15. The van der Waals surface area contributed by atoms with Crippen LogP contribution in [0, 0.1) is 5.92 Å². The van der Waals surface area contributed by atoms with E-state index in [1.54, 1.807) is 11.3 Å². The Kier molecular flexibility index (Phi) is 5.46. The van der Waals surface area contributed by atoms with Crippen LogP contribution in [-0.4, -0.2) is 61.1 Å². The molecule has 2 fully saturated rings. The maximum atomic E-state index is 11.8. The zero-order valence-electron chi connectivity index (χ0n) is 12.9. The molecule has 2 aliphatic heterocycles. The number of hydrogen-bond acceptors (Lipinski definition) is 5. The van der Waals surface area contributed by atoms with Crippen molar-refractivity contribution < 1.29 is 9.53 Å². The molecule has 2 aliphatic rings. The van der Waals surface area contributed by atoms with Gasteiger partial charge in [0, 0.05) is 56.9 Å². The molecule has 2 N–H and O–H groups in total. The van der Waals surface area contributed by atoms with E-state index in [-0.39, 0.29) is 11.8 Å². The highest BCUT2D eigenvalue weighted by Gasteiger charge is 2.30. The quantitative estimate of drug-likeness (QED) is 0.903. The van der Waals surface area contributed by atoms with Gasteiger partial charge in [0.1, 0.15) is 0 Å². The summed E-state index contributed by atoms with van der Waals surface area (Å²) in [5.41, 5.74) is 5.65. The molecule has 6 heteroatoms. The summed E-state index contributed by atoms with van der Waals surface area (Å²) in [6.45, 7) is 6.17. The lowest BCUT2D eigenvalue weighted by Gasteiger charge is -2.34. The maximum absolute atomic E-state index is 11.8. The summed E-state index contributed by atoms with van der Waals surface area (Å²) in [6, 6.07) is 4.78. The number of nitrogens with two attached hydrogens (primary N) is 1. The molecule has 0 radical (unpaired) electrons. The van der Waals surface area contributed by atoms with Gasteiger partial charge in [0.25, 0.3) is 0 Å². The minimum atomic E-state index is -0.171. The zero-order chi connectivity index (χ0) is 15.4. The van der Waals surface area contributed by atoms with Gasteiger partial charge in [0.15, 0.2) is 0 Å². The van der Waals surface area contributed by atoms with Crippen LogP contribution in [0.1, 0.15) is 17.7 Å². The summed E-state index contributed by atoms with van der Waals surface area (Å²) in [6.07, 6.45) is 2.13. The summed E-state index contributed by atoms with van der Waals surface area (Å²) >= 11 is 1.77. The van der Waals surface area contributed by atoms with Gasteiger partial charge in [-0.1, -0.05) is 6.07 Å². The van der Waals surface area contributed by atoms with Crippen LogP contribution in [0.4, 0.5) is 0 Å². The molecule has 1 atom stereocenters. The molecule has 0 bridgehead atoms. The van der Waals surface area contributed by atoms with Gasteiger partial charge in [-0.15, -0.1) is 11.3 Å². The van der Waals surface area contributed by atoms with Crippen LogP contribution < -0.4 is 5.73 Å². The van der Waals surface area contributed by atoms with Crippen molar-refractivity contribution in [2.75, 3.05) is 39.4 Å². The molecule has 1 amide bonds. The lowest BCUT2D eigenvalue weighted by Crippen LogP contribution is -2.44. The van der Waals surface area contributed by atoms with E-state index in [1.807, 2.05) is 0 Å². The van der Waals surface area contributed by atoms with Crippen LogP contribution in [0.5, 0.6) is 0 Å². The fourth-order valence-electron chi connectivity index (χ4n) is 3.43. The van der Waals surface area contributed by atoms with Gasteiger partial charge in [-0.2, -0.15) is 0 Å². The normalized spacial score (nSPS) is 25.9. The molecule has 1 aromatic heterocycles. The molecule has 1 unspecified atom stereocenters. The Hall–Kier alpha value is -0.950. The van der Waals surface area contributed by atoms with E-state index in [0.29, 0.717) is 6.04 Å². The number of nitrogens with zero attached hydrogens (tertiary/aromatic N) is 2. The van der Waals surface area contributed by atoms with Crippen molar-refractivity contribution in [3.8, 4) is 0 Å². The Morgan fingerprint density at radius 1 is 1.32 bits per heavy atom. The van der Waals surface area contributed by atoms with Crippen LogP contribution in [0.25, 0.3) is 0 Å². The van der Waals surface area contributed by atoms with Gasteiger partial charge in [0.2, 0.25) is 5.91 Å². The lowest BCUT2D eigenvalue weighted by molar-refractivity contribution is -0.122. The van der Waals surface area contributed by atoms with Gasteiger partial charge in [-0.05, 0) is 24.3 Å². The van der Waals surface area contributed by atoms with E-state index in [0.717, 1.165) is 58.8 Å². The second-order valence-electron chi connectivity index (χ2n) is 6.25. The minimum absolute atomic E-state index is 0.0784. The van der Waals surface area contributed by atoms with Crippen molar-refractivity contribution in [2.24, 2.45) is 11.7 Å². The summed E-state index contributed by atoms with van der Waals surface area (Å²) < 4.78 is 5.46. The average molecular weight is 323 g/mol. The predicted molar refractivity (Wildman–Crippen MR) is 87.7 cm³/mol. The molecule has 122 valence electrons. The third-order valence-corrected chi connectivity index (χ3v) is 5.57. The molecule has 0 aliphatic carbocycles. The second-order valence-corrected chi connectivity index (χ2v) is 7.28. The Morgan fingerprint density at radius 2 is 2.14 bits per heavy atom. The fraction of sp³-hybridized carbons (Fsp3) is 0.688. The molecular formula is C16H25N3O2S. The first-order chi connectivity index (χ1) is 10.7. The summed E-state index contributed by atoms with van der Waals surface area (Å²) in [5.74, 6) is -0.250. The third kappa shape index (κ3) is 4.07. The van der Waals surface area contributed by atoms with Crippen LogP contribution >= 0.6 is 11.3 Å². The molecule has 22 heavy (non-hydrogen) atoms. The fourth-order valence-corrected chi connectivity index (χ4v) is 4.18. The number of amides is 1. The third-order valence-electron chi connectivity index (χ3n) is 4.71. The first-order valence-electron chi connectivity index (χ1n) is 8.08. The molecule has 3 rings (SSSR count). The number of carbonyl (C=O) groups is 1. The van der Waals surface area contributed by atoms with Gasteiger partial charge >= 0.3 is 0 Å². The Bertz CT molecular complexity index is 474. The van der Waals surface area contributed by atoms with Crippen molar-refractivity contribution in [2.45, 2.75) is 25.4 Å². The molecule has 5 nitrogen and oxygen atoms in total. The number of carbonyl (C=O) groups excluding carboxylic acids is 1. The van der Waals surface area contributed by atoms with Gasteiger partial charge in [-0.3, -0.25) is 14.6 Å². The molecule has 0 spiro atoms. The summed E-state index contributed by atoms with van der Waals surface area (Å²) in [7, 11) is 0. The number of hydrogen-bond donors (Lipinski definition) is 1. The summed E-state index contributed by atoms with van der Waals surface area (Å²) in [4.78, 5) is 18.0. The molecule has 0 aromatic carbocycles. The molecule has 2 saturated heterocycles. The van der Waals surface area contributed by atoms with E-state index in [1.165, 1.54) is 4.88 Å². The van der Waals surface area contributed by atoms with Crippen molar-refractivity contribution in [3.63, 3.8) is 0 Å². The van der Waals surface area contributed by atoms with Crippen LogP contribution in [0.15, 0.2) is 17.5 Å². The zero-order valence-corrected chi connectivity index (χ0v) is 13.8. The Labute approximate surface area is 136 Å². The van der Waals surface area contributed by atoms with Crippen molar-refractivity contribution in [1.82, 2.24) is 9.80 Å². The minimum Gasteiger partial charge on any atom is -0.381 e. The SMILES string of the molecule is NC(=O)C1CN(Cc2cccs2)CCN(C2CCOCC2)C1. The second kappa shape index (κ2) is 7.55. The van der Waals surface area contributed by atoms with Gasteiger partial charge in [-0.25, -0.2) is 0 Å². The van der Waals surface area contributed by atoms with Gasteiger partial charge < -0.3 is 10.5 Å².